The highest BCUT2D eigenvalue weighted by Crippen LogP contribution is 2.41. The second kappa shape index (κ2) is 6.44. The zero-order valence-corrected chi connectivity index (χ0v) is 17.3. The number of fused-ring (bicyclic) bond motifs is 2. The highest BCUT2D eigenvalue weighted by Gasteiger charge is 2.38. The average Bonchev–Trinajstić information content (AvgIpc) is 2.64. The highest BCUT2D eigenvalue weighted by atomic mass is 16.5. The van der Waals surface area contributed by atoms with Gasteiger partial charge in [-0.1, -0.05) is 57.2 Å². The Balaban J connectivity index is 1.80. The Labute approximate surface area is 167 Å². The normalized spacial score (nSPS) is 19.9. The van der Waals surface area contributed by atoms with E-state index in [0.717, 1.165) is 41.0 Å². The first-order valence-corrected chi connectivity index (χ1v) is 9.92. The van der Waals surface area contributed by atoms with Crippen molar-refractivity contribution in [2.24, 2.45) is 4.99 Å². The molecule has 3 heteroatoms. The van der Waals surface area contributed by atoms with E-state index in [-0.39, 0.29) is 16.8 Å². The monoisotopic (exact) mass is 373 g/mol. The van der Waals surface area contributed by atoms with E-state index in [9.17, 15) is 4.79 Å². The van der Waals surface area contributed by atoms with E-state index in [4.69, 9.17) is 9.73 Å². The van der Waals surface area contributed by atoms with Crippen LogP contribution in [0.1, 0.15) is 64.2 Å². The van der Waals surface area contributed by atoms with Crippen LogP contribution >= 0.6 is 0 Å². The Hall–Kier alpha value is -2.68. The molecule has 2 aromatic carbocycles. The molecule has 144 valence electrons. The molecular weight excluding hydrogens is 346 g/mol. The third-order valence-electron chi connectivity index (χ3n) is 5.52. The van der Waals surface area contributed by atoms with E-state index >= 15 is 0 Å². The van der Waals surface area contributed by atoms with E-state index in [1.807, 2.05) is 36.4 Å². The molecule has 0 saturated carbocycles. The smallest absolute Gasteiger partial charge is 0.211 e. The molecule has 1 aliphatic carbocycles. The number of ketones is 1. The highest BCUT2D eigenvalue weighted by molar-refractivity contribution is 6.54. The Morgan fingerprint density at radius 1 is 0.964 bits per heavy atom. The van der Waals surface area contributed by atoms with Crippen molar-refractivity contribution in [3.63, 3.8) is 0 Å². The Kier molecular flexibility index (Phi) is 4.29. The molecule has 0 spiro atoms. The van der Waals surface area contributed by atoms with Crippen molar-refractivity contribution in [2.75, 3.05) is 0 Å². The first kappa shape index (κ1) is 18.7. The maximum absolute atomic E-state index is 13.3. The number of benzene rings is 2. The predicted octanol–water partition coefficient (Wildman–Crippen LogP) is 5.99. The minimum atomic E-state index is -0.260. The third kappa shape index (κ3) is 3.30. The quantitative estimate of drug-likeness (QED) is 0.616. The number of carbonyl (C=O) groups excluding carboxylic acids is 1. The number of Topliss-reactive ketones (excluding diaryl/α,β-unsaturated/α-hetero) is 1. The predicted molar refractivity (Wildman–Crippen MR) is 114 cm³/mol. The molecule has 0 fully saturated rings. The molecule has 2 aromatic rings. The summed E-state index contributed by atoms with van der Waals surface area (Å²) in [7, 11) is 0. The van der Waals surface area contributed by atoms with Crippen LogP contribution in [-0.4, -0.2) is 17.1 Å². The van der Waals surface area contributed by atoms with Crippen LogP contribution in [0.25, 0.3) is 5.76 Å². The number of allylic oxidation sites excluding steroid dienone is 1. The van der Waals surface area contributed by atoms with Crippen molar-refractivity contribution in [1.82, 2.24) is 0 Å². The lowest BCUT2D eigenvalue weighted by Crippen LogP contribution is -2.34. The van der Waals surface area contributed by atoms with E-state index in [0.29, 0.717) is 5.71 Å². The molecule has 0 unspecified atom stereocenters. The lowest BCUT2D eigenvalue weighted by Gasteiger charge is -2.36. The summed E-state index contributed by atoms with van der Waals surface area (Å²) in [5, 5.41) is 0. The van der Waals surface area contributed by atoms with E-state index in [1.54, 1.807) is 0 Å². The lowest BCUT2D eigenvalue weighted by atomic mass is 9.82. The van der Waals surface area contributed by atoms with E-state index in [2.05, 4.69) is 46.8 Å². The topological polar surface area (TPSA) is 38.7 Å². The minimum absolute atomic E-state index is 0.0101. The van der Waals surface area contributed by atoms with E-state index < -0.39 is 0 Å². The Bertz CT molecular complexity index is 1000. The molecule has 28 heavy (non-hydrogen) atoms. The number of nitrogens with zero attached hydrogens (tertiary/aromatic N) is 1. The van der Waals surface area contributed by atoms with Gasteiger partial charge in [0.05, 0.1) is 5.69 Å². The van der Waals surface area contributed by atoms with Gasteiger partial charge < -0.3 is 4.74 Å². The average molecular weight is 373 g/mol. The van der Waals surface area contributed by atoms with Crippen molar-refractivity contribution < 1.29 is 9.53 Å². The van der Waals surface area contributed by atoms with Crippen LogP contribution in [0.5, 0.6) is 0 Å². The van der Waals surface area contributed by atoms with Crippen molar-refractivity contribution in [3.05, 3.63) is 70.8 Å². The maximum Gasteiger partial charge on any atom is 0.211 e. The Morgan fingerprint density at radius 2 is 1.61 bits per heavy atom. The van der Waals surface area contributed by atoms with Gasteiger partial charge in [0.2, 0.25) is 5.78 Å². The zero-order valence-electron chi connectivity index (χ0n) is 17.3. The lowest BCUT2D eigenvalue weighted by molar-refractivity contribution is -0.110. The summed E-state index contributed by atoms with van der Waals surface area (Å²) in [5.74, 6) is 0.725. The van der Waals surface area contributed by atoms with Gasteiger partial charge in [-0.25, -0.2) is 4.99 Å². The van der Waals surface area contributed by atoms with Gasteiger partial charge in [-0.05, 0) is 49.8 Å². The number of aliphatic imine (C=N–C) groups is 1. The largest absolute Gasteiger partial charge is 0.487 e. The van der Waals surface area contributed by atoms with Crippen LogP contribution in [0.4, 0.5) is 5.69 Å². The van der Waals surface area contributed by atoms with Crippen molar-refractivity contribution in [2.45, 2.75) is 58.5 Å². The fourth-order valence-electron chi connectivity index (χ4n) is 3.79. The molecule has 0 saturated heterocycles. The summed E-state index contributed by atoms with van der Waals surface area (Å²) in [4.78, 5) is 18.1. The summed E-state index contributed by atoms with van der Waals surface area (Å²) in [5.41, 5.74) is 4.96. The molecule has 1 heterocycles. The van der Waals surface area contributed by atoms with Gasteiger partial charge in [-0.15, -0.1) is 0 Å². The van der Waals surface area contributed by atoms with Crippen LogP contribution < -0.4 is 0 Å². The van der Waals surface area contributed by atoms with Crippen molar-refractivity contribution in [3.8, 4) is 0 Å². The van der Waals surface area contributed by atoms with Gasteiger partial charge in [-0.2, -0.15) is 0 Å². The van der Waals surface area contributed by atoms with Gasteiger partial charge in [0.25, 0.3) is 0 Å². The molecule has 0 radical (unpaired) electrons. The summed E-state index contributed by atoms with van der Waals surface area (Å²) in [6, 6.07) is 16.1. The number of ether oxygens (including phenoxy) is 1. The fraction of sp³-hybridized carbons (Fsp3) is 0.360. The van der Waals surface area contributed by atoms with Gasteiger partial charge in [0.15, 0.2) is 0 Å². The van der Waals surface area contributed by atoms with Crippen LogP contribution in [0.2, 0.25) is 0 Å². The first-order valence-electron chi connectivity index (χ1n) is 9.92. The number of carbonyl (C=O) groups is 1. The molecule has 0 aromatic heterocycles. The molecule has 0 N–H and O–H groups in total. The van der Waals surface area contributed by atoms with E-state index in [1.165, 1.54) is 5.56 Å². The number of hydrogen-bond acceptors (Lipinski definition) is 3. The van der Waals surface area contributed by atoms with Crippen LogP contribution in [0, 0.1) is 0 Å². The molecule has 4 rings (SSSR count). The zero-order chi connectivity index (χ0) is 20.1. The fourth-order valence-corrected chi connectivity index (χ4v) is 3.79. The van der Waals surface area contributed by atoms with Gasteiger partial charge >= 0.3 is 0 Å². The SMILES string of the molecule is CC1(C)CCC2=C(O1)c1ccccc1/C(=N\c1ccc(C(C)(C)C)cc1)C2=O. The summed E-state index contributed by atoms with van der Waals surface area (Å²) < 4.78 is 6.23. The standard InChI is InChI=1S/C25H27NO2/c1-24(2,3)16-10-12-17(13-11-16)26-21-18-8-6-7-9-19(18)23-20(22(21)27)14-15-25(4,5)28-23/h6-13H,14-15H2,1-5H3/b26-21+. The number of hydrogen-bond donors (Lipinski definition) is 0. The van der Waals surface area contributed by atoms with Crippen LogP contribution in [0.3, 0.4) is 0 Å². The molecule has 3 nitrogen and oxygen atoms in total. The second-order valence-corrected chi connectivity index (χ2v) is 9.30. The molecule has 0 atom stereocenters. The molecule has 1 aliphatic heterocycles. The summed E-state index contributed by atoms with van der Waals surface area (Å²) in [6.45, 7) is 10.7. The van der Waals surface area contributed by atoms with Crippen LogP contribution in [-0.2, 0) is 14.9 Å². The summed E-state index contributed by atoms with van der Waals surface area (Å²) >= 11 is 0. The number of rotatable bonds is 1. The maximum atomic E-state index is 13.3. The first-order chi connectivity index (χ1) is 13.2. The minimum Gasteiger partial charge on any atom is -0.487 e. The van der Waals surface area contributed by atoms with Crippen molar-refractivity contribution in [1.29, 1.82) is 0 Å². The molecular formula is C25H27NO2. The van der Waals surface area contributed by atoms with Crippen molar-refractivity contribution >= 4 is 22.9 Å². The Morgan fingerprint density at radius 3 is 2.25 bits per heavy atom. The second-order valence-electron chi connectivity index (χ2n) is 9.30. The molecule has 0 bridgehead atoms. The third-order valence-corrected chi connectivity index (χ3v) is 5.52. The molecule has 2 aliphatic rings. The van der Waals surface area contributed by atoms with Gasteiger partial charge in [-0.3, -0.25) is 4.79 Å². The van der Waals surface area contributed by atoms with Gasteiger partial charge in [0.1, 0.15) is 17.1 Å². The van der Waals surface area contributed by atoms with Crippen LogP contribution in [0.15, 0.2) is 59.1 Å². The summed E-state index contributed by atoms with van der Waals surface area (Å²) in [6.07, 6.45) is 1.55. The van der Waals surface area contributed by atoms with Gasteiger partial charge in [0, 0.05) is 16.7 Å². The molecule has 0 amide bonds.